The molecule has 0 aliphatic carbocycles. The predicted octanol–water partition coefficient (Wildman–Crippen LogP) is 1.88. The molecule has 0 aliphatic heterocycles. The monoisotopic (exact) mass is 267 g/mol. The number of aliphatic hydroxyl groups excluding tert-OH is 1. The van der Waals surface area contributed by atoms with Gasteiger partial charge >= 0.3 is 6.03 Å². The number of anilines is 1. The van der Waals surface area contributed by atoms with Gasteiger partial charge in [0.25, 0.3) is 5.69 Å². The summed E-state index contributed by atoms with van der Waals surface area (Å²) in [5.74, 6) is 0. The van der Waals surface area contributed by atoms with Crippen LogP contribution < -0.4 is 10.6 Å². The maximum Gasteiger partial charge on any atom is 0.319 e. The van der Waals surface area contributed by atoms with Gasteiger partial charge in [-0.15, -0.1) is 0 Å². The number of nitrogens with one attached hydrogen (secondary N) is 2. The number of nitro benzene ring substituents is 1. The van der Waals surface area contributed by atoms with Gasteiger partial charge in [0.2, 0.25) is 0 Å². The maximum atomic E-state index is 11.7. The smallest absolute Gasteiger partial charge is 0.319 e. The van der Waals surface area contributed by atoms with E-state index in [1.54, 1.807) is 13.0 Å². The Morgan fingerprint density at radius 1 is 1.53 bits per heavy atom. The Bertz CT molecular complexity index is 472. The van der Waals surface area contributed by atoms with Crippen LogP contribution in [0.1, 0.15) is 20.3 Å². The van der Waals surface area contributed by atoms with Gasteiger partial charge in [-0.05, 0) is 19.4 Å². The van der Waals surface area contributed by atoms with Crippen LogP contribution in [0.4, 0.5) is 16.2 Å². The van der Waals surface area contributed by atoms with E-state index in [1.807, 2.05) is 6.92 Å². The molecule has 1 atom stereocenters. The molecule has 0 saturated heterocycles. The van der Waals surface area contributed by atoms with E-state index < -0.39 is 16.5 Å². The SMILES string of the molecule is CCC(C)(CO)NC(=O)Nc1cccc([N+](=O)[O-])c1. The van der Waals surface area contributed by atoms with E-state index >= 15 is 0 Å². The molecule has 0 aliphatic rings. The minimum Gasteiger partial charge on any atom is -0.394 e. The fraction of sp³-hybridized carbons (Fsp3) is 0.417. The largest absolute Gasteiger partial charge is 0.394 e. The van der Waals surface area contributed by atoms with Gasteiger partial charge in [-0.2, -0.15) is 0 Å². The Kier molecular flexibility index (Phi) is 4.82. The van der Waals surface area contributed by atoms with Crippen molar-refractivity contribution in [2.75, 3.05) is 11.9 Å². The highest BCUT2D eigenvalue weighted by atomic mass is 16.6. The Hall–Kier alpha value is -2.15. The minimum atomic E-state index is -0.717. The van der Waals surface area contributed by atoms with Crippen molar-refractivity contribution in [1.29, 1.82) is 0 Å². The van der Waals surface area contributed by atoms with Gasteiger partial charge < -0.3 is 15.7 Å². The Balaban J connectivity index is 2.72. The molecular formula is C12H17N3O4. The fourth-order valence-electron chi connectivity index (χ4n) is 1.37. The number of carbonyl (C=O) groups is 1. The van der Waals surface area contributed by atoms with Gasteiger partial charge in [-0.3, -0.25) is 10.1 Å². The summed E-state index contributed by atoms with van der Waals surface area (Å²) in [6, 6.07) is 5.13. The number of carbonyl (C=O) groups excluding carboxylic acids is 1. The Morgan fingerprint density at radius 3 is 2.74 bits per heavy atom. The third-order valence-corrected chi connectivity index (χ3v) is 2.86. The molecule has 104 valence electrons. The summed E-state index contributed by atoms with van der Waals surface area (Å²) in [5.41, 5.74) is -0.494. The highest BCUT2D eigenvalue weighted by Gasteiger charge is 2.23. The van der Waals surface area contributed by atoms with Gasteiger partial charge in [-0.25, -0.2) is 4.79 Å². The number of non-ortho nitro benzene ring substituents is 1. The van der Waals surface area contributed by atoms with E-state index in [2.05, 4.69) is 10.6 Å². The molecule has 2 amide bonds. The molecule has 0 fully saturated rings. The highest BCUT2D eigenvalue weighted by molar-refractivity contribution is 5.90. The lowest BCUT2D eigenvalue weighted by Gasteiger charge is -2.27. The molecule has 0 radical (unpaired) electrons. The van der Waals surface area contributed by atoms with Crippen molar-refractivity contribution >= 4 is 17.4 Å². The number of hydrogen-bond acceptors (Lipinski definition) is 4. The van der Waals surface area contributed by atoms with Crippen LogP contribution in [0.5, 0.6) is 0 Å². The van der Waals surface area contributed by atoms with Crippen molar-refractivity contribution in [2.24, 2.45) is 0 Å². The van der Waals surface area contributed by atoms with E-state index in [4.69, 9.17) is 0 Å². The second kappa shape index (κ2) is 6.14. The predicted molar refractivity (Wildman–Crippen MR) is 71.0 cm³/mol. The maximum absolute atomic E-state index is 11.7. The molecule has 1 unspecified atom stereocenters. The topological polar surface area (TPSA) is 104 Å². The molecular weight excluding hydrogens is 250 g/mol. The second-order valence-electron chi connectivity index (χ2n) is 4.46. The lowest BCUT2D eigenvalue weighted by Crippen LogP contribution is -2.50. The molecule has 0 heterocycles. The van der Waals surface area contributed by atoms with Crippen LogP contribution >= 0.6 is 0 Å². The van der Waals surface area contributed by atoms with Crippen molar-refractivity contribution < 1.29 is 14.8 Å². The molecule has 0 saturated carbocycles. The molecule has 7 heteroatoms. The number of aliphatic hydroxyl groups is 1. The van der Waals surface area contributed by atoms with Crippen molar-refractivity contribution in [2.45, 2.75) is 25.8 Å². The summed E-state index contributed by atoms with van der Waals surface area (Å²) in [7, 11) is 0. The zero-order valence-corrected chi connectivity index (χ0v) is 10.8. The molecule has 0 bridgehead atoms. The first kappa shape index (κ1) is 14.9. The number of amides is 2. The van der Waals surface area contributed by atoms with Gasteiger partial charge in [0.05, 0.1) is 17.1 Å². The fourth-order valence-corrected chi connectivity index (χ4v) is 1.37. The second-order valence-corrected chi connectivity index (χ2v) is 4.46. The van der Waals surface area contributed by atoms with Gasteiger partial charge in [-0.1, -0.05) is 13.0 Å². The van der Waals surface area contributed by atoms with Crippen LogP contribution in [-0.2, 0) is 0 Å². The zero-order valence-electron chi connectivity index (χ0n) is 10.8. The number of nitrogens with zero attached hydrogens (tertiary/aromatic N) is 1. The first-order valence-electron chi connectivity index (χ1n) is 5.84. The highest BCUT2D eigenvalue weighted by Crippen LogP contribution is 2.17. The Labute approximate surface area is 110 Å². The van der Waals surface area contributed by atoms with Gasteiger partial charge in [0.1, 0.15) is 0 Å². The Morgan fingerprint density at radius 2 is 2.21 bits per heavy atom. The number of urea groups is 1. The zero-order chi connectivity index (χ0) is 14.5. The molecule has 0 aromatic heterocycles. The molecule has 19 heavy (non-hydrogen) atoms. The summed E-state index contributed by atoms with van der Waals surface area (Å²) in [6.45, 7) is 3.36. The molecule has 0 spiro atoms. The summed E-state index contributed by atoms with van der Waals surface area (Å²) in [5, 5.41) is 24.9. The average molecular weight is 267 g/mol. The third kappa shape index (κ3) is 4.22. The molecule has 1 aromatic rings. The van der Waals surface area contributed by atoms with Gasteiger partial charge in [0.15, 0.2) is 0 Å². The number of hydrogen-bond donors (Lipinski definition) is 3. The van der Waals surface area contributed by atoms with Crippen molar-refractivity contribution in [1.82, 2.24) is 5.32 Å². The number of nitro groups is 1. The molecule has 7 nitrogen and oxygen atoms in total. The normalized spacial score (nSPS) is 13.4. The van der Waals surface area contributed by atoms with E-state index in [1.165, 1.54) is 18.2 Å². The van der Waals surface area contributed by atoms with Gasteiger partial charge in [0, 0.05) is 17.8 Å². The first-order chi connectivity index (χ1) is 8.90. The molecule has 1 aromatic carbocycles. The van der Waals surface area contributed by atoms with Crippen molar-refractivity contribution in [3.63, 3.8) is 0 Å². The van der Waals surface area contributed by atoms with Crippen LogP contribution in [0.3, 0.4) is 0 Å². The molecule has 3 N–H and O–H groups in total. The van der Waals surface area contributed by atoms with E-state index in [0.717, 1.165) is 0 Å². The third-order valence-electron chi connectivity index (χ3n) is 2.86. The lowest BCUT2D eigenvalue weighted by atomic mass is 10.0. The summed E-state index contributed by atoms with van der Waals surface area (Å²) in [6.07, 6.45) is 0.561. The number of benzene rings is 1. The van der Waals surface area contributed by atoms with Crippen LogP contribution in [0.25, 0.3) is 0 Å². The molecule has 1 rings (SSSR count). The first-order valence-corrected chi connectivity index (χ1v) is 5.84. The average Bonchev–Trinajstić information content (AvgIpc) is 2.38. The van der Waals surface area contributed by atoms with Crippen molar-refractivity contribution in [3.05, 3.63) is 34.4 Å². The quantitative estimate of drug-likeness (QED) is 0.559. The minimum absolute atomic E-state index is 0.0989. The van der Waals surface area contributed by atoms with Crippen LogP contribution in [0, 0.1) is 10.1 Å². The summed E-state index contributed by atoms with van der Waals surface area (Å²) >= 11 is 0. The van der Waals surface area contributed by atoms with E-state index in [-0.39, 0.29) is 12.3 Å². The van der Waals surface area contributed by atoms with E-state index in [9.17, 15) is 20.0 Å². The summed E-state index contributed by atoms with van der Waals surface area (Å²) < 4.78 is 0. The number of rotatable bonds is 5. The van der Waals surface area contributed by atoms with Crippen molar-refractivity contribution in [3.8, 4) is 0 Å². The summed E-state index contributed by atoms with van der Waals surface area (Å²) in [4.78, 5) is 21.8. The van der Waals surface area contributed by atoms with Crippen LogP contribution in [-0.4, -0.2) is 28.2 Å². The standard InChI is InChI=1S/C12H17N3O4/c1-3-12(2,8-16)14-11(17)13-9-5-4-6-10(7-9)15(18)19/h4-7,16H,3,8H2,1-2H3,(H2,13,14,17). The van der Waals surface area contributed by atoms with E-state index in [0.29, 0.717) is 12.1 Å². The van der Waals surface area contributed by atoms with Crippen LogP contribution in [0.15, 0.2) is 24.3 Å². The van der Waals surface area contributed by atoms with Crippen LogP contribution in [0.2, 0.25) is 0 Å². The lowest BCUT2D eigenvalue weighted by molar-refractivity contribution is -0.384.